The fourth-order valence-corrected chi connectivity index (χ4v) is 10.1. The molecular formula is C54H34N2OS. The molecular weight excluding hydrogens is 725 g/mol. The summed E-state index contributed by atoms with van der Waals surface area (Å²) in [6, 6.07) is 74.4. The Labute approximate surface area is 338 Å². The Hall–Kier alpha value is -7.40. The van der Waals surface area contributed by atoms with Gasteiger partial charge in [0, 0.05) is 47.7 Å². The third-order valence-electron chi connectivity index (χ3n) is 11.6. The Morgan fingerprint density at radius 1 is 0.379 bits per heavy atom. The molecule has 3 heterocycles. The minimum atomic E-state index is 0.877. The molecule has 9 aromatic carbocycles. The van der Waals surface area contributed by atoms with Crippen LogP contribution in [0.3, 0.4) is 0 Å². The van der Waals surface area contributed by atoms with E-state index in [4.69, 9.17) is 4.42 Å². The third-order valence-corrected chi connectivity index (χ3v) is 12.7. The van der Waals surface area contributed by atoms with E-state index in [0.717, 1.165) is 44.7 Å². The Kier molecular flexibility index (Phi) is 7.40. The van der Waals surface area contributed by atoms with E-state index in [9.17, 15) is 0 Å². The van der Waals surface area contributed by atoms with E-state index in [1.165, 1.54) is 64.2 Å². The number of benzene rings is 9. The van der Waals surface area contributed by atoms with Crippen LogP contribution in [0.4, 0.5) is 17.1 Å². The average Bonchev–Trinajstić information content (AvgIpc) is 3.97. The molecule has 0 N–H and O–H groups in total. The summed E-state index contributed by atoms with van der Waals surface area (Å²) in [5, 5.41) is 7.22. The molecule has 0 radical (unpaired) electrons. The van der Waals surface area contributed by atoms with Crippen molar-refractivity contribution >= 4 is 92.3 Å². The number of anilines is 3. The van der Waals surface area contributed by atoms with Gasteiger partial charge in [-0.1, -0.05) is 127 Å². The lowest BCUT2D eigenvalue weighted by Gasteiger charge is -2.27. The van der Waals surface area contributed by atoms with Gasteiger partial charge in [-0.05, 0) is 101 Å². The normalized spacial score (nSPS) is 11.8. The van der Waals surface area contributed by atoms with Crippen LogP contribution in [0.15, 0.2) is 211 Å². The number of hydrogen-bond donors (Lipinski definition) is 0. The number of nitrogens with zero attached hydrogens (tertiary/aromatic N) is 2. The SMILES string of the molecule is c1ccc(-c2ccc(-n3c4ccccc4c4cc(-c5ccc(N(c6cccc7oc8ccccc8c67)c6cccc7sc8ccccc8c67)cc5)ccc43)cc2)cc1. The van der Waals surface area contributed by atoms with Crippen LogP contribution in [-0.4, -0.2) is 4.57 Å². The average molecular weight is 759 g/mol. The molecule has 58 heavy (non-hydrogen) atoms. The zero-order valence-electron chi connectivity index (χ0n) is 31.3. The summed E-state index contributed by atoms with van der Waals surface area (Å²) >= 11 is 1.85. The summed E-state index contributed by atoms with van der Waals surface area (Å²) in [4.78, 5) is 2.43. The van der Waals surface area contributed by atoms with Crippen molar-refractivity contribution in [3.05, 3.63) is 206 Å². The van der Waals surface area contributed by atoms with Crippen LogP contribution in [0, 0.1) is 0 Å². The molecule has 3 nitrogen and oxygen atoms in total. The van der Waals surface area contributed by atoms with Gasteiger partial charge in [-0.2, -0.15) is 0 Å². The molecule has 0 aliphatic rings. The van der Waals surface area contributed by atoms with E-state index >= 15 is 0 Å². The highest BCUT2D eigenvalue weighted by molar-refractivity contribution is 7.26. The maximum atomic E-state index is 6.43. The first-order valence-corrected chi connectivity index (χ1v) is 20.5. The van der Waals surface area contributed by atoms with Crippen molar-refractivity contribution in [3.63, 3.8) is 0 Å². The van der Waals surface area contributed by atoms with Crippen LogP contribution in [0.1, 0.15) is 0 Å². The molecule has 0 aliphatic heterocycles. The molecule has 0 fully saturated rings. The molecule has 12 aromatic rings. The monoisotopic (exact) mass is 758 g/mol. The molecule has 12 rings (SSSR count). The lowest BCUT2D eigenvalue weighted by atomic mass is 10.0. The van der Waals surface area contributed by atoms with Crippen LogP contribution in [0.2, 0.25) is 0 Å². The molecule has 0 spiro atoms. The zero-order chi connectivity index (χ0) is 38.2. The molecule has 4 heteroatoms. The summed E-state index contributed by atoms with van der Waals surface area (Å²) in [5.41, 5.74) is 13.4. The van der Waals surface area contributed by atoms with Crippen molar-refractivity contribution in [2.75, 3.05) is 4.90 Å². The van der Waals surface area contributed by atoms with Crippen molar-refractivity contribution in [2.45, 2.75) is 0 Å². The quantitative estimate of drug-likeness (QED) is 0.168. The van der Waals surface area contributed by atoms with Gasteiger partial charge in [-0.3, -0.25) is 0 Å². The number of aromatic nitrogens is 1. The maximum Gasteiger partial charge on any atom is 0.137 e. The standard InChI is InChI=1S/C54H34N2OS/c1-2-12-35(13-3-1)36-24-29-39(30-25-36)55-45-17-7-4-14-41(45)44-34-38(28-33-46(44)55)37-26-31-40(32-27-37)56(47-18-10-21-50-53(47)42-15-5-8-20-49(42)57-50)48-19-11-23-52-54(48)43-16-6-9-22-51(43)58-52/h1-34H. The Bertz CT molecular complexity index is 3390. The predicted octanol–water partition coefficient (Wildman–Crippen LogP) is 15.9. The van der Waals surface area contributed by atoms with E-state index in [0.29, 0.717) is 0 Å². The molecule has 3 aromatic heterocycles. The van der Waals surface area contributed by atoms with Crippen LogP contribution in [0.25, 0.3) is 91.9 Å². The molecule has 0 unspecified atom stereocenters. The van der Waals surface area contributed by atoms with Gasteiger partial charge in [0.2, 0.25) is 0 Å². The topological polar surface area (TPSA) is 21.3 Å². The second-order valence-electron chi connectivity index (χ2n) is 14.9. The minimum absolute atomic E-state index is 0.877. The minimum Gasteiger partial charge on any atom is -0.456 e. The highest BCUT2D eigenvalue weighted by Crippen LogP contribution is 2.48. The zero-order valence-corrected chi connectivity index (χ0v) is 32.2. The fraction of sp³-hybridized carbons (Fsp3) is 0. The second-order valence-corrected chi connectivity index (χ2v) is 16.0. The van der Waals surface area contributed by atoms with Crippen molar-refractivity contribution < 1.29 is 4.42 Å². The Morgan fingerprint density at radius 2 is 0.966 bits per heavy atom. The van der Waals surface area contributed by atoms with Crippen LogP contribution in [0.5, 0.6) is 0 Å². The summed E-state index contributed by atoms with van der Waals surface area (Å²) in [5.74, 6) is 0. The van der Waals surface area contributed by atoms with Gasteiger partial charge in [-0.25, -0.2) is 0 Å². The Morgan fingerprint density at radius 3 is 1.81 bits per heavy atom. The van der Waals surface area contributed by atoms with Crippen LogP contribution < -0.4 is 4.90 Å². The lowest BCUT2D eigenvalue weighted by Crippen LogP contribution is -2.10. The maximum absolute atomic E-state index is 6.43. The van der Waals surface area contributed by atoms with E-state index in [-0.39, 0.29) is 0 Å². The molecule has 0 amide bonds. The number of furan rings is 1. The van der Waals surface area contributed by atoms with Gasteiger partial charge in [-0.15, -0.1) is 11.3 Å². The van der Waals surface area contributed by atoms with Crippen molar-refractivity contribution in [2.24, 2.45) is 0 Å². The van der Waals surface area contributed by atoms with Gasteiger partial charge in [0.15, 0.2) is 0 Å². The largest absolute Gasteiger partial charge is 0.456 e. The number of hydrogen-bond acceptors (Lipinski definition) is 3. The van der Waals surface area contributed by atoms with Crippen LogP contribution in [-0.2, 0) is 0 Å². The number of para-hydroxylation sites is 2. The smallest absolute Gasteiger partial charge is 0.137 e. The first kappa shape index (κ1) is 32.8. The van der Waals surface area contributed by atoms with Gasteiger partial charge in [0.1, 0.15) is 11.2 Å². The fourth-order valence-electron chi connectivity index (χ4n) is 8.96. The van der Waals surface area contributed by atoms with Gasteiger partial charge in [0.05, 0.1) is 27.8 Å². The first-order valence-electron chi connectivity index (χ1n) is 19.7. The second kappa shape index (κ2) is 13.1. The molecule has 0 bridgehead atoms. The molecule has 0 saturated heterocycles. The van der Waals surface area contributed by atoms with Crippen molar-refractivity contribution in [3.8, 4) is 27.9 Å². The number of thiophene rings is 1. The van der Waals surface area contributed by atoms with Crippen molar-refractivity contribution in [1.29, 1.82) is 0 Å². The summed E-state index contributed by atoms with van der Waals surface area (Å²) in [7, 11) is 0. The third kappa shape index (κ3) is 5.12. The van der Waals surface area contributed by atoms with Crippen molar-refractivity contribution in [1.82, 2.24) is 4.57 Å². The molecule has 0 saturated carbocycles. The summed E-state index contributed by atoms with van der Waals surface area (Å²) in [6.07, 6.45) is 0. The first-order chi connectivity index (χ1) is 28.8. The van der Waals surface area contributed by atoms with Gasteiger partial charge in [0.25, 0.3) is 0 Å². The van der Waals surface area contributed by atoms with Gasteiger partial charge < -0.3 is 13.9 Å². The highest BCUT2D eigenvalue weighted by Gasteiger charge is 2.23. The molecule has 272 valence electrons. The van der Waals surface area contributed by atoms with E-state index in [2.05, 4.69) is 210 Å². The van der Waals surface area contributed by atoms with Gasteiger partial charge >= 0.3 is 0 Å². The Balaban J connectivity index is 0.999. The predicted molar refractivity (Wildman–Crippen MR) is 247 cm³/mol. The summed E-state index contributed by atoms with van der Waals surface area (Å²) in [6.45, 7) is 0. The van der Waals surface area contributed by atoms with Crippen LogP contribution >= 0.6 is 11.3 Å². The van der Waals surface area contributed by atoms with E-state index in [1.54, 1.807) is 0 Å². The molecule has 0 atom stereocenters. The highest BCUT2D eigenvalue weighted by atomic mass is 32.1. The number of fused-ring (bicyclic) bond motifs is 9. The number of rotatable bonds is 6. The van der Waals surface area contributed by atoms with E-state index < -0.39 is 0 Å². The lowest BCUT2D eigenvalue weighted by molar-refractivity contribution is 0.669. The van der Waals surface area contributed by atoms with E-state index in [1.807, 2.05) is 17.4 Å². The summed E-state index contributed by atoms with van der Waals surface area (Å²) < 4.78 is 11.4. The molecule has 0 aliphatic carbocycles.